The summed E-state index contributed by atoms with van der Waals surface area (Å²) in [6, 6.07) is 9.76. The van der Waals surface area contributed by atoms with Gasteiger partial charge >= 0.3 is 0 Å². The van der Waals surface area contributed by atoms with Crippen LogP contribution in [0.1, 0.15) is 18.9 Å². The molecule has 2 heteroatoms. The van der Waals surface area contributed by atoms with Gasteiger partial charge in [-0.05, 0) is 32.5 Å². The minimum absolute atomic E-state index is 0.718. The first kappa shape index (κ1) is 10.2. The van der Waals surface area contributed by atoms with Crippen molar-refractivity contribution in [1.29, 1.82) is 0 Å². The largest absolute Gasteiger partial charge is 0.385 e. The minimum Gasteiger partial charge on any atom is -0.385 e. The second-order valence-corrected chi connectivity index (χ2v) is 3.49. The van der Waals surface area contributed by atoms with Crippen molar-refractivity contribution < 1.29 is 5.11 Å². The van der Waals surface area contributed by atoms with E-state index < -0.39 is 5.60 Å². The average Bonchev–Trinajstić information content (AvgIpc) is 2.16. The van der Waals surface area contributed by atoms with E-state index in [0.29, 0.717) is 0 Å². The summed E-state index contributed by atoms with van der Waals surface area (Å²) in [5.74, 6) is 0. The molecule has 0 fully saturated rings. The molecule has 13 heavy (non-hydrogen) atoms. The van der Waals surface area contributed by atoms with E-state index in [4.69, 9.17) is 0 Å². The van der Waals surface area contributed by atoms with Gasteiger partial charge in [0.25, 0.3) is 0 Å². The summed E-state index contributed by atoms with van der Waals surface area (Å²) in [6.45, 7) is 2.67. The van der Waals surface area contributed by atoms with Crippen LogP contribution in [0.2, 0.25) is 0 Å². The van der Waals surface area contributed by atoms with Gasteiger partial charge in [-0.15, -0.1) is 0 Å². The van der Waals surface area contributed by atoms with Crippen LogP contribution in [-0.4, -0.2) is 18.7 Å². The summed E-state index contributed by atoms with van der Waals surface area (Å²) < 4.78 is 0. The van der Waals surface area contributed by atoms with Gasteiger partial charge < -0.3 is 10.4 Å². The topological polar surface area (TPSA) is 32.3 Å². The van der Waals surface area contributed by atoms with E-state index >= 15 is 0 Å². The normalized spacial score (nSPS) is 15.3. The zero-order valence-corrected chi connectivity index (χ0v) is 8.25. The second-order valence-electron chi connectivity index (χ2n) is 3.49. The molecular weight excluding hydrogens is 162 g/mol. The summed E-state index contributed by atoms with van der Waals surface area (Å²) in [6.07, 6.45) is 0.730. The van der Waals surface area contributed by atoms with E-state index in [-0.39, 0.29) is 0 Å². The Morgan fingerprint density at radius 2 is 1.92 bits per heavy atom. The molecule has 0 amide bonds. The molecule has 0 saturated heterocycles. The zero-order valence-electron chi connectivity index (χ0n) is 8.25. The van der Waals surface area contributed by atoms with Gasteiger partial charge in [-0.25, -0.2) is 0 Å². The molecule has 0 bridgehead atoms. The van der Waals surface area contributed by atoms with Crippen molar-refractivity contribution in [3.8, 4) is 0 Å². The predicted molar refractivity (Wildman–Crippen MR) is 54.6 cm³/mol. The number of hydrogen-bond donors (Lipinski definition) is 2. The molecule has 1 atom stereocenters. The summed E-state index contributed by atoms with van der Waals surface area (Å²) in [7, 11) is 1.89. The predicted octanol–water partition coefficient (Wildman–Crippen LogP) is 1.50. The SMILES string of the molecule is CNCCC(C)(O)c1ccccc1. The average molecular weight is 179 g/mol. The maximum absolute atomic E-state index is 10.1. The summed E-state index contributed by atoms with van der Waals surface area (Å²) in [4.78, 5) is 0. The van der Waals surface area contributed by atoms with Crippen molar-refractivity contribution >= 4 is 0 Å². The smallest absolute Gasteiger partial charge is 0.0880 e. The first-order chi connectivity index (χ1) is 6.17. The van der Waals surface area contributed by atoms with Crippen LogP contribution in [0.4, 0.5) is 0 Å². The molecule has 72 valence electrons. The molecule has 0 saturated carbocycles. The van der Waals surface area contributed by atoms with E-state index in [2.05, 4.69) is 5.32 Å². The van der Waals surface area contributed by atoms with E-state index in [1.165, 1.54) is 0 Å². The Hall–Kier alpha value is -0.860. The molecule has 1 rings (SSSR count). The first-order valence-corrected chi connectivity index (χ1v) is 4.59. The van der Waals surface area contributed by atoms with E-state index in [1.807, 2.05) is 44.3 Å². The van der Waals surface area contributed by atoms with Gasteiger partial charge in [0.05, 0.1) is 5.60 Å². The first-order valence-electron chi connectivity index (χ1n) is 4.59. The van der Waals surface area contributed by atoms with Gasteiger partial charge in [0.1, 0.15) is 0 Å². The van der Waals surface area contributed by atoms with Crippen LogP contribution in [0.5, 0.6) is 0 Å². The van der Waals surface area contributed by atoms with Gasteiger partial charge in [-0.3, -0.25) is 0 Å². The van der Waals surface area contributed by atoms with Crippen LogP contribution >= 0.6 is 0 Å². The maximum Gasteiger partial charge on any atom is 0.0880 e. The zero-order chi connectivity index (χ0) is 9.73. The third-order valence-corrected chi connectivity index (χ3v) is 2.26. The van der Waals surface area contributed by atoms with Crippen LogP contribution in [0.25, 0.3) is 0 Å². The van der Waals surface area contributed by atoms with Crippen molar-refractivity contribution in [2.24, 2.45) is 0 Å². The highest BCUT2D eigenvalue weighted by Crippen LogP contribution is 2.23. The Morgan fingerprint density at radius 3 is 2.46 bits per heavy atom. The van der Waals surface area contributed by atoms with Gasteiger partial charge in [-0.1, -0.05) is 30.3 Å². The molecule has 1 unspecified atom stereocenters. The quantitative estimate of drug-likeness (QED) is 0.734. The Bertz CT molecular complexity index is 244. The fourth-order valence-corrected chi connectivity index (χ4v) is 1.31. The summed E-state index contributed by atoms with van der Waals surface area (Å²) >= 11 is 0. The fraction of sp³-hybridized carbons (Fsp3) is 0.455. The summed E-state index contributed by atoms with van der Waals surface area (Å²) in [5.41, 5.74) is 0.259. The molecular formula is C11H17NO. The van der Waals surface area contributed by atoms with Crippen LogP contribution < -0.4 is 5.32 Å². The van der Waals surface area contributed by atoms with E-state index in [0.717, 1.165) is 18.5 Å². The third kappa shape index (κ3) is 2.83. The molecule has 0 radical (unpaired) electrons. The van der Waals surface area contributed by atoms with Crippen molar-refractivity contribution in [2.75, 3.05) is 13.6 Å². The highest BCUT2D eigenvalue weighted by molar-refractivity contribution is 5.21. The molecule has 0 aliphatic carbocycles. The Labute approximate surface area is 79.6 Å². The molecule has 0 heterocycles. The molecule has 0 aromatic heterocycles. The Balaban J connectivity index is 2.69. The molecule has 2 N–H and O–H groups in total. The molecule has 1 aromatic carbocycles. The highest BCUT2D eigenvalue weighted by Gasteiger charge is 2.21. The van der Waals surface area contributed by atoms with Crippen molar-refractivity contribution in [3.05, 3.63) is 35.9 Å². The molecule has 1 aromatic rings. The Kier molecular flexibility index (Phi) is 3.46. The van der Waals surface area contributed by atoms with Crippen LogP contribution in [0, 0.1) is 0 Å². The lowest BCUT2D eigenvalue weighted by atomic mass is 9.93. The third-order valence-electron chi connectivity index (χ3n) is 2.26. The lowest BCUT2D eigenvalue weighted by Crippen LogP contribution is -2.26. The number of aliphatic hydroxyl groups is 1. The van der Waals surface area contributed by atoms with Gasteiger partial charge in [-0.2, -0.15) is 0 Å². The number of benzene rings is 1. The van der Waals surface area contributed by atoms with Crippen molar-refractivity contribution in [1.82, 2.24) is 5.32 Å². The fourth-order valence-electron chi connectivity index (χ4n) is 1.31. The maximum atomic E-state index is 10.1. The number of rotatable bonds is 4. The summed E-state index contributed by atoms with van der Waals surface area (Å²) in [5, 5.41) is 13.1. The van der Waals surface area contributed by atoms with Gasteiger partial charge in [0, 0.05) is 0 Å². The van der Waals surface area contributed by atoms with Gasteiger partial charge in [0.15, 0.2) is 0 Å². The molecule has 0 spiro atoms. The lowest BCUT2D eigenvalue weighted by molar-refractivity contribution is 0.0485. The minimum atomic E-state index is -0.718. The van der Waals surface area contributed by atoms with Crippen LogP contribution in [0.15, 0.2) is 30.3 Å². The van der Waals surface area contributed by atoms with Crippen LogP contribution in [0.3, 0.4) is 0 Å². The Morgan fingerprint density at radius 1 is 1.31 bits per heavy atom. The lowest BCUT2D eigenvalue weighted by Gasteiger charge is -2.23. The van der Waals surface area contributed by atoms with Gasteiger partial charge in [0.2, 0.25) is 0 Å². The van der Waals surface area contributed by atoms with Crippen molar-refractivity contribution in [2.45, 2.75) is 18.9 Å². The van der Waals surface area contributed by atoms with E-state index in [1.54, 1.807) is 0 Å². The molecule has 0 aliphatic heterocycles. The second kappa shape index (κ2) is 4.40. The van der Waals surface area contributed by atoms with E-state index in [9.17, 15) is 5.11 Å². The van der Waals surface area contributed by atoms with Crippen molar-refractivity contribution in [3.63, 3.8) is 0 Å². The highest BCUT2D eigenvalue weighted by atomic mass is 16.3. The number of hydrogen-bond acceptors (Lipinski definition) is 2. The molecule has 0 aliphatic rings. The number of nitrogens with one attached hydrogen (secondary N) is 1. The monoisotopic (exact) mass is 179 g/mol. The standard InChI is InChI=1S/C11H17NO/c1-11(13,8-9-12-2)10-6-4-3-5-7-10/h3-7,12-13H,8-9H2,1-2H3. The molecule has 2 nitrogen and oxygen atoms in total. The van der Waals surface area contributed by atoms with Crippen LogP contribution in [-0.2, 0) is 5.60 Å².